The number of nitrogens with one attached hydrogen (secondary N) is 1. The van der Waals surface area contributed by atoms with Crippen molar-refractivity contribution >= 4 is 39.3 Å². The fourth-order valence-corrected chi connectivity index (χ4v) is 3.38. The van der Waals surface area contributed by atoms with E-state index in [4.69, 9.17) is 0 Å². The lowest BCUT2D eigenvalue weighted by Gasteiger charge is -2.10. The maximum atomic E-state index is 12.0. The van der Waals surface area contributed by atoms with E-state index in [0.29, 0.717) is 5.75 Å². The molecular weight excluding hydrogens is 346 g/mol. The molecule has 0 saturated carbocycles. The summed E-state index contributed by atoms with van der Waals surface area (Å²) in [6, 6.07) is 14.0. The Hall–Kier alpha value is -1.26. The molecule has 4 heteroatoms. The van der Waals surface area contributed by atoms with Gasteiger partial charge in [0.1, 0.15) is 0 Å². The molecule has 0 spiro atoms. The average molecular weight is 364 g/mol. The van der Waals surface area contributed by atoms with Crippen LogP contribution in [0.2, 0.25) is 0 Å². The number of rotatable bonds is 5. The Morgan fingerprint density at radius 1 is 1.14 bits per heavy atom. The first-order valence-corrected chi connectivity index (χ1v) is 8.70. The van der Waals surface area contributed by atoms with Crippen molar-refractivity contribution in [3.63, 3.8) is 0 Å². The molecule has 0 atom stereocenters. The molecule has 0 aliphatic rings. The summed E-state index contributed by atoms with van der Waals surface area (Å²) in [5.41, 5.74) is 4.43. The highest BCUT2D eigenvalue weighted by molar-refractivity contribution is 9.10. The standard InChI is InChI=1S/C17H18BrNOS/c1-12-6-5-9-16(13(12)2)19-17(20)11-21-10-14-7-3-4-8-15(14)18/h3-9H,10-11H2,1-2H3,(H,19,20). The van der Waals surface area contributed by atoms with Gasteiger partial charge in [-0.25, -0.2) is 0 Å². The van der Waals surface area contributed by atoms with Gasteiger partial charge < -0.3 is 5.32 Å². The van der Waals surface area contributed by atoms with E-state index in [1.807, 2.05) is 50.2 Å². The van der Waals surface area contributed by atoms with Crippen LogP contribution in [0.4, 0.5) is 5.69 Å². The molecule has 0 aliphatic carbocycles. The van der Waals surface area contributed by atoms with Crippen molar-refractivity contribution in [3.8, 4) is 0 Å². The second kappa shape index (κ2) is 7.66. The number of aryl methyl sites for hydroxylation is 1. The van der Waals surface area contributed by atoms with Crippen molar-refractivity contribution in [3.05, 3.63) is 63.6 Å². The Balaban J connectivity index is 1.85. The van der Waals surface area contributed by atoms with Crippen LogP contribution < -0.4 is 5.32 Å². The smallest absolute Gasteiger partial charge is 0.234 e. The summed E-state index contributed by atoms with van der Waals surface area (Å²) in [5, 5.41) is 2.98. The number of carbonyl (C=O) groups is 1. The molecule has 1 amide bonds. The molecule has 0 aromatic heterocycles. The molecule has 0 heterocycles. The number of thioether (sulfide) groups is 1. The second-order valence-electron chi connectivity index (χ2n) is 4.88. The van der Waals surface area contributed by atoms with Crippen LogP contribution in [-0.2, 0) is 10.5 Å². The van der Waals surface area contributed by atoms with Crippen LogP contribution in [-0.4, -0.2) is 11.7 Å². The lowest BCUT2D eigenvalue weighted by atomic mass is 10.1. The number of amides is 1. The van der Waals surface area contributed by atoms with Gasteiger partial charge in [0.2, 0.25) is 5.91 Å². The Bertz CT molecular complexity index is 642. The summed E-state index contributed by atoms with van der Waals surface area (Å²) in [6.45, 7) is 4.08. The van der Waals surface area contributed by atoms with Crippen molar-refractivity contribution in [1.82, 2.24) is 0 Å². The van der Waals surface area contributed by atoms with E-state index >= 15 is 0 Å². The van der Waals surface area contributed by atoms with Gasteiger partial charge in [-0.2, -0.15) is 0 Å². The van der Waals surface area contributed by atoms with Crippen molar-refractivity contribution in [2.75, 3.05) is 11.1 Å². The number of benzene rings is 2. The van der Waals surface area contributed by atoms with Crippen LogP contribution in [0.15, 0.2) is 46.9 Å². The fourth-order valence-electron chi connectivity index (χ4n) is 1.94. The second-order valence-corrected chi connectivity index (χ2v) is 6.72. The van der Waals surface area contributed by atoms with E-state index in [-0.39, 0.29) is 5.91 Å². The molecule has 2 nitrogen and oxygen atoms in total. The van der Waals surface area contributed by atoms with Gasteiger partial charge in [-0.15, -0.1) is 11.8 Å². The maximum Gasteiger partial charge on any atom is 0.234 e. The first-order chi connectivity index (χ1) is 10.1. The normalized spacial score (nSPS) is 10.4. The van der Waals surface area contributed by atoms with Gasteiger partial charge in [0.05, 0.1) is 5.75 Å². The average Bonchev–Trinajstić information content (AvgIpc) is 2.46. The van der Waals surface area contributed by atoms with E-state index in [1.54, 1.807) is 11.8 Å². The number of halogens is 1. The van der Waals surface area contributed by atoms with E-state index < -0.39 is 0 Å². The summed E-state index contributed by atoms with van der Waals surface area (Å²) < 4.78 is 1.09. The largest absolute Gasteiger partial charge is 0.325 e. The van der Waals surface area contributed by atoms with Crippen molar-refractivity contribution in [2.45, 2.75) is 19.6 Å². The maximum absolute atomic E-state index is 12.0. The first-order valence-electron chi connectivity index (χ1n) is 6.75. The lowest BCUT2D eigenvalue weighted by Crippen LogP contribution is -2.15. The minimum absolute atomic E-state index is 0.0424. The third-order valence-electron chi connectivity index (χ3n) is 3.33. The van der Waals surface area contributed by atoms with E-state index in [1.165, 1.54) is 11.1 Å². The van der Waals surface area contributed by atoms with Crippen LogP contribution in [0.5, 0.6) is 0 Å². The molecule has 0 bridgehead atoms. The molecule has 1 N–H and O–H groups in total. The zero-order valence-corrected chi connectivity index (χ0v) is 14.6. The molecular formula is C17H18BrNOS. The van der Waals surface area contributed by atoms with Gasteiger partial charge in [0.25, 0.3) is 0 Å². The van der Waals surface area contributed by atoms with Gasteiger partial charge in [-0.05, 0) is 42.7 Å². The van der Waals surface area contributed by atoms with Crippen LogP contribution >= 0.6 is 27.7 Å². The van der Waals surface area contributed by atoms with Crippen LogP contribution in [0.25, 0.3) is 0 Å². The molecule has 2 rings (SSSR count). The fraction of sp³-hybridized carbons (Fsp3) is 0.235. The topological polar surface area (TPSA) is 29.1 Å². The molecule has 21 heavy (non-hydrogen) atoms. The van der Waals surface area contributed by atoms with Gasteiger partial charge in [0, 0.05) is 15.9 Å². The monoisotopic (exact) mass is 363 g/mol. The van der Waals surface area contributed by atoms with E-state index in [0.717, 1.165) is 21.5 Å². The molecule has 0 aliphatic heterocycles. The molecule has 0 saturated heterocycles. The summed E-state index contributed by atoms with van der Waals surface area (Å²) in [6.07, 6.45) is 0. The Morgan fingerprint density at radius 3 is 2.67 bits per heavy atom. The summed E-state index contributed by atoms with van der Waals surface area (Å²) in [5.74, 6) is 1.32. The lowest BCUT2D eigenvalue weighted by molar-refractivity contribution is -0.113. The molecule has 0 unspecified atom stereocenters. The first kappa shape index (κ1) is 16.1. The van der Waals surface area contributed by atoms with Crippen LogP contribution in [0, 0.1) is 13.8 Å². The number of carbonyl (C=O) groups excluding carboxylic acids is 1. The SMILES string of the molecule is Cc1cccc(NC(=O)CSCc2ccccc2Br)c1C. The highest BCUT2D eigenvalue weighted by atomic mass is 79.9. The molecule has 0 radical (unpaired) electrons. The van der Waals surface area contributed by atoms with Crippen molar-refractivity contribution in [1.29, 1.82) is 0 Å². The highest BCUT2D eigenvalue weighted by Gasteiger charge is 2.07. The highest BCUT2D eigenvalue weighted by Crippen LogP contribution is 2.22. The van der Waals surface area contributed by atoms with Crippen LogP contribution in [0.3, 0.4) is 0 Å². The predicted octanol–water partition coefficient (Wildman–Crippen LogP) is 4.94. The van der Waals surface area contributed by atoms with E-state index in [9.17, 15) is 4.79 Å². The quantitative estimate of drug-likeness (QED) is 0.814. The number of hydrogen-bond acceptors (Lipinski definition) is 2. The van der Waals surface area contributed by atoms with Crippen molar-refractivity contribution in [2.24, 2.45) is 0 Å². The minimum Gasteiger partial charge on any atom is -0.325 e. The zero-order chi connectivity index (χ0) is 15.2. The third kappa shape index (κ3) is 4.61. The summed E-state index contributed by atoms with van der Waals surface area (Å²) in [4.78, 5) is 12.0. The number of hydrogen-bond donors (Lipinski definition) is 1. The van der Waals surface area contributed by atoms with Crippen molar-refractivity contribution < 1.29 is 4.79 Å². The number of anilines is 1. The molecule has 2 aromatic carbocycles. The predicted molar refractivity (Wildman–Crippen MR) is 94.8 cm³/mol. The Kier molecular flexibility index (Phi) is 5.88. The van der Waals surface area contributed by atoms with Gasteiger partial charge in [0.15, 0.2) is 0 Å². The minimum atomic E-state index is 0.0424. The third-order valence-corrected chi connectivity index (χ3v) is 5.08. The van der Waals surface area contributed by atoms with Gasteiger partial charge in [-0.1, -0.05) is 46.3 Å². The molecule has 2 aromatic rings. The Morgan fingerprint density at radius 2 is 1.90 bits per heavy atom. The van der Waals surface area contributed by atoms with Crippen LogP contribution in [0.1, 0.15) is 16.7 Å². The Labute approximate surface area is 138 Å². The molecule has 0 fully saturated rings. The zero-order valence-electron chi connectivity index (χ0n) is 12.2. The van der Waals surface area contributed by atoms with Gasteiger partial charge >= 0.3 is 0 Å². The van der Waals surface area contributed by atoms with E-state index in [2.05, 4.69) is 27.3 Å². The molecule has 110 valence electrons. The summed E-state index contributed by atoms with van der Waals surface area (Å²) in [7, 11) is 0. The summed E-state index contributed by atoms with van der Waals surface area (Å²) >= 11 is 5.14. The van der Waals surface area contributed by atoms with Gasteiger partial charge in [-0.3, -0.25) is 4.79 Å².